The Morgan fingerprint density at radius 3 is 2.37 bits per heavy atom. The van der Waals surface area contributed by atoms with E-state index in [1.165, 1.54) is 6.92 Å². The van der Waals surface area contributed by atoms with Gasteiger partial charge in [-0.15, -0.1) is 0 Å². The van der Waals surface area contributed by atoms with Crippen LogP contribution in [0.25, 0.3) is 0 Å². The van der Waals surface area contributed by atoms with E-state index in [-0.39, 0.29) is 6.61 Å². The van der Waals surface area contributed by atoms with Gasteiger partial charge in [-0.05, 0) is 63.1 Å². The lowest BCUT2D eigenvalue weighted by atomic mass is 10.1. The zero-order chi connectivity index (χ0) is 19.8. The predicted octanol–water partition coefficient (Wildman–Crippen LogP) is 3.65. The SMILES string of the molecule is CCOc1ccccc1NC(=O)[C@@H](C)OC(=O)COc1cc(C)cc(C)c1. The average Bonchev–Trinajstić information content (AvgIpc) is 2.61. The van der Waals surface area contributed by atoms with Gasteiger partial charge in [-0.1, -0.05) is 18.2 Å². The summed E-state index contributed by atoms with van der Waals surface area (Å²) in [6, 6.07) is 12.8. The minimum Gasteiger partial charge on any atom is -0.492 e. The lowest BCUT2D eigenvalue weighted by molar-refractivity contribution is -0.155. The number of ether oxygens (including phenoxy) is 3. The van der Waals surface area contributed by atoms with Crippen molar-refractivity contribution in [3.8, 4) is 11.5 Å². The summed E-state index contributed by atoms with van der Waals surface area (Å²) in [5.74, 6) is 0.0917. The number of rotatable bonds is 8. The molecule has 1 atom stereocenters. The van der Waals surface area contributed by atoms with Gasteiger partial charge in [0.25, 0.3) is 5.91 Å². The van der Waals surface area contributed by atoms with E-state index in [0.29, 0.717) is 23.8 Å². The van der Waals surface area contributed by atoms with E-state index in [1.807, 2.05) is 45.0 Å². The van der Waals surface area contributed by atoms with E-state index in [2.05, 4.69) is 5.32 Å². The van der Waals surface area contributed by atoms with Crippen molar-refractivity contribution in [1.82, 2.24) is 0 Å². The normalized spacial score (nSPS) is 11.4. The number of anilines is 1. The van der Waals surface area contributed by atoms with Crippen LogP contribution in [-0.2, 0) is 14.3 Å². The van der Waals surface area contributed by atoms with Crippen molar-refractivity contribution in [2.45, 2.75) is 33.8 Å². The molecule has 0 unspecified atom stereocenters. The molecule has 1 N–H and O–H groups in total. The molecule has 0 aliphatic carbocycles. The van der Waals surface area contributed by atoms with Crippen LogP contribution in [0.4, 0.5) is 5.69 Å². The van der Waals surface area contributed by atoms with Gasteiger partial charge in [0.05, 0.1) is 12.3 Å². The molecule has 144 valence electrons. The Morgan fingerprint density at radius 2 is 1.70 bits per heavy atom. The number of hydrogen-bond donors (Lipinski definition) is 1. The summed E-state index contributed by atoms with van der Waals surface area (Å²) in [4.78, 5) is 24.3. The number of carbonyl (C=O) groups excluding carboxylic acids is 2. The molecule has 6 heteroatoms. The van der Waals surface area contributed by atoms with Crippen LogP contribution in [0.15, 0.2) is 42.5 Å². The van der Waals surface area contributed by atoms with E-state index in [4.69, 9.17) is 14.2 Å². The minimum atomic E-state index is -0.963. The summed E-state index contributed by atoms with van der Waals surface area (Å²) in [5, 5.41) is 2.71. The number of benzene rings is 2. The third kappa shape index (κ3) is 6.33. The first-order valence-corrected chi connectivity index (χ1v) is 8.82. The maximum absolute atomic E-state index is 12.3. The predicted molar refractivity (Wildman–Crippen MR) is 103 cm³/mol. The molecule has 0 spiro atoms. The Bertz CT molecular complexity index is 783. The molecule has 1 amide bonds. The van der Waals surface area contributed by atoms with Crippen molar-refractivity contribution in [2.24, 2.45) is 0 Å². The van der Waals surface area contributed by atoms with E-state index in [0.717, 1.165) is 11.1 Å². The molecular weight excluding hydrogens is 346 g/mol. The molecule has 6 nitrogen and oxygen atoms in total. The fraction of sp³-hybridized carbons (Fsp3) is 0.333. The Balaban J connectivity index is 1.87. The first-order chi connectivity index (χ1) is 12.9. The third-order valence-electron chi connectivity index (χ3n) is 3.67. The number of para-hydroxylation sites is 2. The monoisotopic (exact) mass is 371 g/mol. The standard InChI is InChI=1S/C21H25NO5/c1-5-25-19-9-7-6-8-18(19)22-21(24)16(4)27-20(23)13-26-17-11-14(2)10-15(3)12-17/h6-12,16H,5,13H2,1-4H3,(H,22,24)/t16-/m1/s1. The molecular formula is C21H25NO5. The van der Waals surface area contributed by atoms with E-state index in [1.54, 1.807) is 18.2 Å². The van der Waals surface area contributed by atoms with Crippen LogP contribution in [0.2, 0.25) is 0 Å². The topological polar surface area (TPSA) is 73.9 Å². The van der Waals surface area contributed by atoms with Gasteiger partial charge >= 0.3 is 5.97 Å². The molecule has 2 rings (SSSR count). The summed E-state index contributed by atoms with van der Waals surface area (Å²) >= 11 is 0. The molecule has 0 aliphatic rings. The summed E-state index contributed by atoms with van der Waals surface area (Å²) < 4.78 is 16.1. The third-order valence-corrected chi connectivity index (χ3v) is 3.67. The van der Waals surface area contributed by atoms with Crippen LogP contribution in [0.3, 0.4) is 0 Å². The number of hydrogen-bond acceptors (Lipinski definition) is 5. The first-order valence-electron chi connectivity index (χ1n) is 8.82. The number of aryl methyl sites for hydroxylation is 2. The van der Waals surface area contributed by atoms with Gasteiger partial charge in [0.15, 0.2) is 12.7 Å². The molecule has 0 aromatic heterocycles. The van der Waals surface area contributed by atoms with Crippen LogP contribution in [0.5, 0.6) is 11.5 Å². The molecule has 0 fully saturated rings. The molecule has 2 aromatic rings. The first kappa shape index (κ1) is 20.3. The zero-order valence-corrected chi connectivity index (χ0v) is 16.1. The van der Waals surface area contributed by atoms with Gasteiger partial charge in [0.1, 0.15) is 11.5 Å². The van der Waals surface area contributed by atoms with Gasteiger partial charge in [-0.3, -0.25) is 4.79 Å². The molecule has 0 heterocycles. The zero-order valence-electron chi connectivity index (χ0n) is 16.1. The van der Waals surface area contributed by atoms with Crippen LogP contribution >= 0.6 is 0 Å². The van der Waals surface area contributed by atoms with Crippen LogP contribution < -0.4 is 14.8 Å². The highest BCUT2D eigenvalue weighted by atomic mass is 16.6. The Kier molecular flexibility index (Phi) is 7.23. The molecule has 2 aromatic carbocycles. The molecule has 0 saturated heterocycles. The summed E-state index contributed by atoms with van der Waals surface area (Å²) in [5.41, 5.74) is 2.61. The molecule has 0 bridgehead atoms. The van der Waals surface area contributed by atoms with Gasteiger partial charge in [0.2, 0.25) is 0 Å². The fourth-order valence-electron chi connectivity index (χ4n) is 2.53. The van der Waals surface area contributed by atoms with E-state index >= 15 is 0 Å². The second kappa shape index (κ2) is 9.62. The second-order valence-electron chi connectivity index (χ2n) is 6.16. The molecule has 0 radical (unpaired) electrons. The lowest BCUT2D eigenvalue weighted by Crippen LogP contribution is -2.31. The molecule has 0 saturated carbocycles. The van der Waals surface area contributed by atoms with Gasteiger partial charge in [0, 0.05) is 0 Å². The maximum atomic E-state index is 12.3. The largest absolute Gasteiger partial charge is 0.492 e. The second-order valence-corrected chi connectivity index (χ2v) is 6.16. The van der Waals surface area contributed by atoms with Crippen LogP contribution in [-0.4, -0.2) is 31.2 Å². The van der Waals surface area contributed by atoms with Gasteiger partial charge < -0.3 is 19.5 Å². The highest BCUT2D eigenvalue weighted by molar-refractivity contribution is 5.96. The summed E-state index contributed by atoms with van der Waals surface area (Å²) in [6.07, 6.45) is -0.963. The van der Waals surface area contributed by atoms with Crippen molar-refractivity contribution in [3.63, 3.8) is 0 Å². The minimum absolute atomic E-state index is 0.268. The number of amides is 1. The van der Waals surface area contributed by atoms with E-state index in [9.17, 15) is 9.59 Å². The van der Waals surface area contributed by atoms with Crippen LogP contribution in [0.1, 0.15) is 25.0 Å². The van der Waals surface area contributed by atoms with Crippen molar-refractivity contribution >= 4 is 17.6 Å². The number of esters is 1. The Hall–Kier alpha value is -3.02. The Morgan fingerprint density at radius 1 is 1.04 bits per heavy atom. The molecule has 27 heavy (non-hydrogen) atoms. The highest BCUT2D eigenvalue weighted by Crippen LogP contribution is 2.24. The highest BCUT2D eigenvalue weighted by Gasteiger charge is 2.19. The van der Waals surface area contributed by atoms with E-state index < -0.39 is 18.0 Å². The van der Waals surface area contributed by atoms with Crippen molar-refractivity contribution in [1.29, 1.82) is 0 Å². The number of carbonyl (C=O) groups is 2. The smallest absolute Gasteiger partial charge is 0.344 e. The van der Waals surface area contributed by atoms with Crippen molar-refractivity contribution < 1.29 is 23.8 Å². The maximum Gasteiger partial charge on any atom is 0.344 e. The summed E-state index contributed by atoms with van der Waals surface area (Å²) in [7, 11) is 0. The molecule has 0 aliphatic heterocycles. The van der Waals surface area contributed by atoms with Crippen molar-refractivity contribution in [2.75, 3.05) is 18.5 Å². The van der Waals surface area contributed by atoms with Crippen molar-refractivity contribution in [3.05, 3.63) is 53.6 Å². The summed E-state index contributed by atoms with van der Waals surface area (Å²) in [6.45, 7) is 7.48. The van der Waals surface area contributed by atoms with Crippen LogP contribution in [0, 0.1) is 13.8 Å². The fourth-order valence-corrected chi connectivity index (χ4v) is 2.53. The number of nitrogens with one attached hydrogen (secondary N) is 1. The Labute approximate surface area is 159 Å². The lowest BCUT2D eigenvalue weighted by Gasteiger charge is -2.16. The quantitative estimate of drug-likeness (QED) is 0.717. The van der Waals surface area contributed by atoms with Gasteiger partial charge in [-0.2, -0.15) is 0 Å². The average molecular weight is 371 g/mol. The van der Waals surface area contributed by atoms with Gasteiger partial charge in [-0.25, -0.2) is 4.79 Å².